The van der Waals surface area contributed by atoms with Crippen molar-refractivity contribution in [2.45, 2.75) is 26.7 Å². The number of nitrogens with one attached hydrogen (secondary N) is 2. The van der Waals surface area contributed by atoms with E-state index in [1.807, 2.05) is 6.07 Å². The zero-order valence-corrected chi connectivity index (χ0v) is 14.3. The van der Waals surface area contributed by atoms with Crippen LogP contribution in [0.3, 0.4) is 0 Å². The number of hydrogen-bond acceptors (Lipinski definition) is 2. The Morgan fingerprint density at radius 3 is 2.91 bits per heavy atom. The topological polar surface area (TPSA) is 39.7 Å². The highest BCUT2D eigenvalue weighted by atomic mass is 19.1. The SMILES string of the molecule is CCNC(=NCC1CCN(CC)C1)NCCc1cccc(F)c1. The first-order valence-corrected chi connectivity index (χ1v) is 8.70. The molecule has 5 heteroatoms. The molecule has 1 fully saturated rings. The number of nitrogens with zero attached hydrogens (tertiary/aromatic N) is 2. The summed E-state index contributed by atoms with van der Waals surface area (Å²) in [6.45, 7) is 10.2. The first kappa shape index (κ1) is 17.7. The highest BCUT2D eigenvalue weighted by molar-refractivity contribution is 5.79. The van der Waals surface area contributed by atoms with E-state index in [4.69, 9.17) is 4.99 Å². The van der Waals surface area contributed by atoms with Gasteiger partial charge in [0.15, 0.2) is 5.96 Å². The summed E-state index contributed by atoms with van der Waals surface area (Å²) in [5.41, 5.74) is 1.00. The Balaban J connectivity index is 1.77. The molecule has 1 saturated heterocycles. The molecule has 2 N–H and O–H groups in total. The van der Waals surface area contributed by atoms with E-state index in [1.165, 1.54) is 19.0 Å². The van der Waals surface area contributed by atoms with Crippen LogP contribution in [0.1, 0.15) is 25.8 Å². The van der Waals surface area contributed by atoms with Crippen LogP contribution in [0.2, 0.25) is 0 Å². The molecule has 0 radical (unpaired) electrons. The number of benzene rings is 1. The van der Waals surface area contributed by atoms with Crippen molar-refractivity contribution < 1.29 is 4.39 Å². The van der Waals surface area contributed by atoms with Crippen LogP contribution < -0.4 is 10.6 Å². The van der Waals surface area contributed by atoms with Gasteiger partial charge in [-0.25, -0.2) is 4.39 Å². The summed E-state index contributed by atoms with van der Waals surface area (Å²) in [5, 5.41) is 6.62. The van der Waals surface area contributed by atoms with Gasteiger partial charge in [-0.05, 0) is 56.5 Å². The number of guanidine groups is 1. The minimum atomic E-state index is -0.176. The lowest BCUT2D eigenvalue weighted by Gasteiger charge is -2.14. The van der Waals surface area contributed by atoms with E-state index in [0.29, 0.717) is 5.92 Å². The second-order valence-electron chi connectivity index (χ2n) is 6.07. The Hall–Kier alpha value is -1.62. The van der Waals surface area contributed by atoms with E-state index in [-0.39, 0.29) is 5.82 Å². The summed E-state index contributed by atoms with van der Waals surface area (Å²) in [6.07, 6.45) is 2.02. The van der Waals surface area contributed by atoms with Gasteiger partial charge >= 0.3 is 0 Å². The van der Waals surface area contributed by atoms with Crippen LogP contribution in [-0.4, -0.2) is 50.1 Å². The molecule has 23 heavy (non-hydrogen) atoms. The molecular weight excluding hydrogens is 291 g/mol. The van der Waals surface area contributed by atoms with Gasteiger partial charge in [0.05, 0.1) is 0 Å². The van der Waals surface area contributed by atoms with Crippen molar-refractivity contribution in [2.24, 2.45) is 10.9 Å². The quantitative estimate of drug-likeness (QED) is 0.598. The summed E-state index contributed by atoms with van der Waals surface area (Å²) in [7, 11) is 0. The number of hydrogen-bond donors (Lipinski definition) is 2. The van der Waals surface area contributed by atoms with Crippen LogP contribution in [0.25, 0.3) is 0 Å². The molecule has 0 aromatic heterocycles. The van der Waals surface area contributed by atoms with Crippen molar-refractivity contribution in [3.63, 3.8) is 0 Å². The van der Waals surface area contributed by atoms with Crippen LogP contribution in [-0.2, 0) is 6.42 Å². The van der Waals surface area contributed by atoms with Crippen molar-refractivity contribution >= 4 is 5.96 Å². The fraction of sp³-hybridized carbons (Fsp3) is 0.611. The molecule has 0 spiro atoms. The second kappa shape index (κ2) is 9.50. The maximum absolute atomic E-state index is 13.2. The summed E-state index contributed by atoms with van der Waals surface area (Å²) >= 11 is 0. The van der Waals surface area contributed by atoms with Gasteiger partial charge in [0, 0.05) is 26.2 Å². The van der Waals surface area contributed by atoms with Crippen LogP contribution in [0, 0.1) is 11.7 Å². The fourth-order valence-electron chi connectivity index (χ4n) is 2.93. The van der Waals surface area contributed by atoms with Gasteiger partial charge in [0.25, 0.3) is 0 Å². The maximum Gasteiger partial charge on any atom is 0.191 e. The summed E-state index contributed by atoms with van der Waals surface area (Å²) in [4.78, 5) is 7.18. The first-order valence-electron chi connectivity index (χ1n) is 8.70. The predicted octanol–water partition coefficient (Wildman–Crippen LogP) is 2.27. The average Bonchev–Trinajstić information content (AvgIpc) is 3.01. The van der Waals surface area contributed by atoms with Crippen LogP contribution in [0.4, 0.5) is 4.39 Å². The summed E-state index contributed by atoms with van der Waals surface area (Å²) in [6, 6.07) is 6.77. The smallest absolute Gasteiger partial charge is 0.191 e. The van der Waals surface area contributed by atoms with E-state index in [2.05, 4.69) is 29.4 Å². The zero-order valence-electron chi connectivity index (χ0n) is 14.3. The second-order valence-corrected chi connectivity index (χ2v) is 6.07. The van der Waals surface area contributed by atoms with Crippen LogP contribution in [0.15, 0.2) is 29.3 Å². The minimum absolute atomic E-state index is 0.176. The highest BCUT2D eigenvalue weighted by Crippen LogP contribution is 2.15. The van der Waals surface area contributed by atoms with Gasteiger partial charge in [-0.15, -0.1) is 0 Å². The third kappa shape index (κ3) is 6.18. The van der Waals surface area contributed by atoms with E-state index in [1.54, 1.807) is 12.1 Å². The third-order valence-corrected chi connectivity index (χ3v) is 4.26. The standard InChI is InChI=1S/C18H29FN4/c1-3-20-18(22-13-16-9-11-23(4-2)14-16)21-10-8-15-6-5-7-17(19)12-15/h5-7,12,16H,3-4,8-11,13-14H2,1-2H3,(H2,20,21,22). The number of aliphatic imine (C=N–C) groups is 1. The zero-order chi connectivity index (χ0) is 16.5. The Labute approximate surface area is 139 Å². The lowest BCUT2D eigenvalue weighted by molar-refractivity contribution is 0.343. The molecular formula is C18H29FN4. The minimum Gasteiger partial charge on any atom is -0.357 e. The molecule has 0 saturated carbocycles. The fourth-order valence-corrected chi connectivity index (χ4v) is 2.93. The Kier molecular flexibility index (Phi) is 7.33. The molecule has 1 unspecified atom stereocenters. The van der Waals surface area contributed by atoms with Crippen molar-refractivity contribution in [3.05, 3.63) is 35.6 Å². The average molecular weight is 320 g/mol. The monoisotopic (exact) mass is 320 g/mol. The van der Waals surface area contributed by atoms with Crippen molar-refractivity contribution in [3.8, 4) is 0 Å². The molecule has 4 nitrogen and oxygen atoms in total. The summed E-state index contributed by atoms with van der Waals surface area (Å²) in [5.74, 6) is 1.34. The van der Waals surface area contributed by atoms with Gasteiger partial charge in [0.2, 0.25) is 0 Å². The molecule has 128 valence electrons. The Bertz CT molecular complexity index is 504. The third-order valence-electron chi connectivity index (χ3n) is 4.26. The van der Waals surface area contributed by atoms with Crippen molar-refractivity contribution in [1.29, 1.82) is 0 Å². The number of rotatable bonds is 7. The van der Waals surface area contributed by atoms with Gasteiger partial charge in [-0.1, -0.05) is 19.1 Å². The van der Waals surface area contributed by atoms with E-state index in [9.17, 15) is 4.39 Å². The normalized spacial score (nSPS) is 19.1. The largest absolute Gasteiger partial charge is 0.357 e. The van der Waals surface area contributed by atoms with Crippen molar-refractivity contribution in [1.82, 2.24) is 15.5 Å². The lowest BCUT2D eigenvalue weighted by Crippen LogP contribution is -2.38. The van der Waals surface area contributed by atoms with E-state index < -0.39 is 0 Å². The molecule has 1 aromatic carbocycles. The summed E-state index contributed by atoms with van der Waals surface area (Å²) < 4.78 is 13.2. The lowest BCUT2D eigenvalue weighted by atomic mass is 10.1. The van der Waals surface area contributed by atoms with E-state index in [0.717, 1.165) is 50.7 Å². The molecule has 0 bridgehead atoms. The molecule has 0 amide bonds. The molecule has 1 atom stereocenters. The Morgan fingerprint density at radius 1 is 1.35 bits per heavy atom. The maximum atomic E-state index is 13.2. The van der Waals surface area contributed by atoms with E-state index >= 15 is 0 Å². The van der Waals surface area contributed by atoms with Gasteiger partial charge in [-0.3, -0.25) is 4.99 Å². The van der Waals surface area contributed by atoms with Gasteiger partial charge < -0.3 is 15.5 Å². The molecule has 1 aliphatic heterocycles. The Morgan fingerprint density at radius 2 is 2.22 bits per heavy atom. The molecule has 1 heterocycles. The molecule has 1 aromatic rings. The van der Waals surface area contributed by atoms with Crippen LogP contribution in [0.5, 0.6) is 0 Å². The molecule has 0 aliphatic carbocycles. The predicted molar refractivity (Wildman–Crippen MR) is 94.3 cm³/mol. The molecule has 2 rings (SSSR count). The number of likely N-dealkylation sites (tertiary alicyclic amines) is 1. The van der Waals surface area contributed by atoms with Crippen LogP contribution >= 0.6 is 0 Å². The van der Waals surface area contributed by atoms with Gasteiger partial charge in [0.1, 0.15) is 5.82 Å². The highest BCUT2D eigenvalue weighted by Gasteiger charge is 2.20. The van der Waals surface area contributed by atoms with Crippen molar-refractivity contribution in [2.75, 3.05) is 39.3 Å². The number of halogens is 1. The van der Waals surface area contributed by atoms with Gasteiger partial charge in [-0.2, -0.15) is 0 Å². The first-order chi connectivity index (χ1) is 11.2. The molecule has 1 aliphatic rings.